The van der Waals surface area contributed by atoms with Gasteiger partial charge in [-0.3, -0.25) is 4.79 Å². The van der Waals surface area contributed by atoms with Crippen molar-refractivity contribution in [2.75, 3.05) is 0 Å². The van der Waals surface area contributed by atoms with Gasteiger partial charge in [-0.1, -0.05) is 75.4 Å². The molecular weight excluding hydrogens is 292 g/mol. The normalized spacial score (nSPS) is 12.5. The monoisotopic (exact) mass is 314 g/mol. The molecule has 0 heterocycles. The van der Waals surface area contributed by atoms with Gasteiger partial charge in [0.1, 0.15) is 5.78 Å². The maximum Gasteiger partial charge on any atom is 0.138 e. The van der Waals surface area contributed by atoms with Gasteiger partial charge >= 0.3 is 0 Å². The Labute approximate surface area is 142 Å². The van der Waals surface area contributed by atoms with E-state index in [0.717, 1.165) is 6.42 Å². The van der Waals surface area contributed by atoms with Gasteiger partial charge in [-0.25, -0.2) is 0 Å². The number of Topliss-reactive ketones (excluding diaryl/α,β-unsaturated/α-hetero) is 1. The zero-order valence-electron chi connectivity index (χ0n) is 14.5. The minimum absolute atomic E-state index is 0.260. The minimum Gasteiger partial charge on any atom is -0.299 e. The third kappa shape index (κ3) is 2.36. The van der Waals surface area contributed by atoms with Gasteiger partial charge in [0, 0.05) is 11.8 Å². The number of aryl methyl sites for hydroxylation is 1. The summed E-state index contributed by atoms with van der Waals surface area (Å²) in [6.07, 6.45) is 1.41. The molecule has 0 aromatic heterocycles. The maximum atomic E-state index is 12.3. The molecule has 0 atom stereocenters. The van der Waals surface area contributed by atoms with Crippen LogP contribution in [0.2, 0.25) is 0 Å². The van der Waals surface area contributed by atoms with Crippen molar-refractivity contribution in [3.8, 4) is 0 Å². The van der Waals surface area contributed by atoms with Crippen LogP contribution in [0.3, 0.4) is 0 Å². The van der Waals surface area contributed by atoms with Gasteiger partial charge in [-0.05, 0) is 44.3 Å². The van der Waals surface area contributed by atoms with Crippen molar-refractivity contribution in [3.63, 3.8) is 0 Å². The lowest BCUT2D eigenvalue weighted by atomic mass is 9.86. The largest absolute Gasteiger partial charge is 0.299 e. The Balaban J connectivity index is 1.87. The predicted molar refractivity (Wildman–Crippen MR) is 103 cm³/mol. The summed E-state index contributed by atoms with van der Waals surface area (Å²) < 4.78 is 0. The number of hydrogen-bond donors (Lipinski definition) is 0. The molecule has 0 amide bonds. The Morgan fingerprint density at radius 1 is 0.792 bits per heavy atom. The lowest BCUT2D eigenvalue weighted by Gasteiger charge is -2.17. The minimum atomic E-state index is -0.260. The van der Waals surface area contributed by atoms with E-state index in [1.54, 1.807) is 0 Å². The topological polar surface area (TPSA) is 17.1 Å². The van der Waals surface area contributed by atoms with Gasteiger partial charge in [0.25, 0.3) is 0 Å². The van der Waals surface area contributed by atoms with E-state index in [0.29, 0.717) is 12.2 Å². The van der Waals surface area contributed by atoms with E-state index in [2.05, 4.69) is 54.6 Å². The predicted octanol–water partition coefficient (Wildman–Crippen LogP) is 6.13. The van der Waals surface area contributed by atoms with E-state index in [1.807, 2.05) is 20.8 Å². The van der Waals surface area contributed by atoms with Crippen LogP contribution in [0.1, 0.15) is 32.8 Å². The van der Waals surface area contributed by atoms with Crippen molar-refractivity contribution in [1.29, 1.82) is 0 Å². The fraction of sp³-hybridized carbons (Fsp3) is 0.261. The highest BCUT2D eigenvalue weighted by molar-refractivity contribution is 6.23. The molecule has 4 rings (SSSR count). The molecule has 24 heavy (non-hydrogen) atoms. The third-order valence-electron chi connectivity index (χ3n) is 5.08. The molecule has 1 heteroatoms. The molecule has 0 bridgehead atoms. The molecule has 120 valence electrons. The number of carbonyl (C=O) groups is 1. The summed E-state index contributed by atoms with van der Waals surface area (Å²) in [4.78, 5) is 12.3. The zero-order valence-corrected chi connectivity index (χ0v) is 14.5. The van der Waals surface area contributed by atoms with Gasteiger partial charge in [0.05, 0.1) is 0 Å². The number of rotatable bonds is 3. The van der Waals surface area contributed by atoms with Crippen molar-refractivity contribution < 1.29 is 4.79 Å². The summed E-state index contributed by atoms with van der Waals surface area (Å²) in [5.74, 6) is 0.327. The Kier molecular flexibility index (Phi) is 3.35. The van der Waals surface area contributed by atoms with E-state index < -0.39 is 0 Å². The first-order valence-corrected chi connectivity index (χ1v) is 8.64. The van der Waals surface area contributed by atoms with Gasteiger partial charge < -0.3 is 0 Å². The van der Waals surface area contributed by atoms with Gasteiger partial charge in [0.2, 0.25) is 0 Å². The Morgan fingerprint density at radius 2 is 1.38 bits per heavy atom. The van der Waals surface area contributed by atoms with E-state index >= 15 is 0 Å². The van der Waals surface area contributed by atoms with Crippen molar-refractivity contribution in [2.45, 2.75) is 33.6 Å². The molecule has 0 aliphatic heterocycles. The van der Waals surface area contributed by atoms with Crippen molar-refractivity contribution in [1.82, 2.24) is 0 Å². The lowest BCUT2D eigenvalue weighted by molar-refractivity contribution is -0.126. The van der Waals surface area contributed by atoms with Gasteiger partial charge in [-0.2, -0.15) is 0 Å². The number of benzene rings is 4. The molecule has 0 aliphatic rings. The highest BCUT2D eigenvalue weighted by atomic mass is 16.1. The molecule has 4 aromatic carbocycles. The van der Waals surface area contributed by atoms with Crippen LogP contribution in [0.5, 0.6) is 0 Å². The summed E-state index contributed by atoms with van der Waals surface area (Å²) in [5.41, 5.74) is 1.02. The average Bonchev–Trinajstić information content (AvgIpc) is 2.57. The van der Waals surface area contributed by atoms with Crippen molar-refractivity contribution in [2.24, 2.45) is 5.41 Å². The first kappa shape index (κ1) is 15.1. The molecule has 0 N–H and O–H groups in total. The highest BCUT2D eigenvalue weighted by Gasteiger charge is 2.21. The van der Waals surface area contributed by atoms with Crippen LogP contribution in [0.15, 0.2) is 54.6 Å². The Morgan fingerprint density at radius 3 is 2.04 bits per heavy atom. The summed E-state index contributed by atoms with van der Waals surface area (Å²) in [6, 6.07) is 19.7. The second-order valence-corrected chi connectivity index (χ2v) is 7.75. The second-order valence-electron chi connectivity index (χ2n) is 7.75. The van der Waals surface area contributed by atoms with E-state index in [9.17, 15) is 4.79 Å². The number of ketones is 1. The van der Waals surface area contributed by atoms with Crippen LogP contribution < -0.4 is 0 Å². The molecule has 0 saturated heterocycles. The fourth-order valence-corrected chi connectivity index (χ4v) is 3.64. The van der Waals surface area contributed by atoms with Crippen LogP contribution >= 0.6 is 0 Å². The molecule has 0 unspecified atom stereocenters. The Bertz CT molecular complexity index is 1030. The van der Waals surface area contributed by atoms with Crippen LogP contribution in [-0.2, 0) is 11.2 Å². The SMILES string of the molecule is CC(C)(C)C(=O)CCc1ccc2ccc3cccc4ccc1c2c34. The summed E-state index contributed by atoms with van der Waals surface area (Å²) in [7, 11) is 0. The zero-order chi connectivity index (χ0) is 16.9. The first-order valence-electron chi connectivity index (χ1n) is 8.64. The van der Waals surface area contributed by atoms with Crippen molar-refractivity contribution in [3.05, 3.63) is 60.2 Å². The number of hydrogen-bond acceptors (Lipinski definition) is 1. The lowest BCUT2D eigenvalue weighted by Crippen LogP contribution is -2.20. The molecule has 1 nitrogen and oxygen atoms in total. The average molecular weight is 314 g/mol. The third-order valence-corrected chi connectivity index (χ3v) is 5.08. The maximum absolute atomic E-state index is 12.3. The fourth-order valence-electron chi connectivity index (χ4n) is 3.64. The van der Waals surface area contributed by atoms with E-state index in [4.69, 9.17) is 0 Å². The second kappa shape index (κ2) is 5.31. The molecule has 0 fully saturated rings. The number of carbonyl (C=O) groups excluding carboxylic acids is 1. The molecule has 0 aliphatic carbocycles. The van der Waals surface area contributed by atoms with Crippen LogP contribution in [0.4, 0.5) is 0 Å². The van der Waals surface area contributed by atoms with E-state index in [-0.39, 0.29) is 5.41 Å². The Hall–Kier alpha value is -2.41. The van der Waals surface area contributed by atoms with Gasteiger partial charge in [0.15, 0.2) is 0 Å². The molecule has 4 aromatic rings. The summed E-state index contributed by atoms with van der Waals surface area (Å²) in [5, 5.41) is 7.82. The molecule has 0 radical (unpaired) electrons. The van der Waals surface area contributed by atoms with Crippen LogP contribution in [0.25, 0.3) is 32.3 Å². The summed E-state index contributed by atoms with van der Waals surface area (Å²) in [6.45, 7) is 6.00. The molecular formula is C23H22O. The molecule has 0 spiro atoms. The quantitative estimate of drug-likeness (QED) is 0.416. The smallest absolute Gasteiger partial charge is 0.138 e. The van der Waals surface area contributed by atoms with Crippen molar-refractivity contribution >= 4 is 38.1 Å². The first-order chi connectivity index (χ1) is 11.4. The van der Waals surface area contributed by atoms with Crippen LogP contribution in [-0.4, -0.2) is 5.78 Å². The highest BCUT2D eigenvalue weighted by Crippen LogP contribution is 2.36. The summed E-state index contributed by atoms with van der Waals surface area (Å²) >= 11 is 0. The van der Waals surface area contributed by atoms with Crippen LogP contribution in [0, 0.1) is 5.41 Å². The molecule has 0 saturated carbocycles. The van der Waals surface area contributed by atoms with Gasteiger partial charge in [-0.15, -0.1) is 0 Å². The van der Waals surface area contributed by atoms with E-state index in [1.165, 1.54) is 37.9 Å². The standard InChI is InChI=1S/C23H22O/c1-23(2,3)20(24)14-12-15-7-8-18-10-9-16-5-4-6-17-11-13-19(15)22(18)21(16)17/h4-11,13H,12,14H2,1-3H3.